The molecule has 1 fully saturated rings. The van der Waals surface area contributed by atoms with E-state index in [-0.39, 0.29) is 29.1 Å². The van der Waals surface area contributed by atoms with E-state index in [1.54, 1.807) is 11.0 Å². The molecule has 138 valence electrons. The van der Waals surface area contributed by atoms with Crippen LogP contribution in [0.4, 0.5) is 11.6 Å². The van der Waals surface area contributed by atoms with Crippen molar-refractivity contribution in [3.63, 3.8) is 0 Å². The third-order valence-corrected chi connectivity index (χ3v) is 6.27. The van der Waals surface area contributed by atoms with Gasteiger partial charge in [0.15, 0.2) is 9.84 Å². The highest BCUT2D eigenvalue weighted by molar-refractivity contribution is 7.91. The van der Waals surface area contributed by atoms with E-state index in [1.807, 2.05) is 38.1 Å². The first kappa shape index (κ1) is 18.3. The number of benzene rings is 1. The summed E-state index contributed by atoms with van der Waals surface area (Å²) in [6, 6.07) is 8.99. The predicted octanol–water partition coefficient (Wildman–Crippen LogP) is 2.18. The molecule has 3 rings (SSSR count). The van der Waals surface area contributed by atoms with Gasteiger partial charge in [0, 0.05) is 24.5 Å². The molecule has 1 saturated heterocycles. The van der Waals surface area contributed by atoms with Crippen LogP contribution in [-0.2, 0) is 9.84 Å². The van der Waals surface area contributed by atoms with Crippen molar-refractivity contribution in [2.24, 2.45) is 0 Å². The molecule has 1 unspecified atom stereocenters. The Bertz CT molecular complexity index is 914. The summed E-state index contributed by atoms with van der Waals surface area (Å²) < 4.78 is 23.5. The third-order valence-electron chi connectivity index (χ3n) is 4.52. The average molecular weight is 374 g/mol. The van der Waals surface area contributed by atoms with Gasteiger partial charge >= 0.3 is 0 Å². The summed E-state index contributed by atoms with van der Waals surface area (Å²) in [4.78, 5) is 22.9. The van der Waals surface area contributed by atoms with Crippen LogP contribution in [0.1, 0.15) is 29.4 Å². The highest BCUT2D eigenvalue weighted by Gasteiger charge is 2.34. The molecular weight excluding hydrogens is 352 g/mol. The number of amides is 1. The van der Waals surface area contributed by atoms with E-state index in [0.29, 0.717) is 18.9 Å². The molecule has 0 spiro atoms. The maximum absolute atomic E-state index is 12.9. The van der Waals surface area contributed by atoms with E-state index in [2.05, 4.69) is 15.3 Å². The van der Waals surface area contributed by atoms with Crippen LogP contribution >= 0.6 is 0 Å². The first-order valence-corrected chi connectivity index (χ1v) is 10.4. The van der Waals surface area contributed by atoms with Crippen LogP contribution in [0, 0.1) is 6.92 Å². The second-order valence-electron chi connectivity index (χ2n) is 6.35. The number of carbonyl (C=O) groups is 1. The number of aromatic nitrogens is 2. The number of aryl methyl sites for hydroxylation is 1. The minimum atomic E-state index is -3.06. The Labute approximate surface area is 153 Å². The molecule has 1 aliphatic rings. The van der Waals surface area contributed by atoms with E-state index < -0.39 is 9.84 Å². The van der Waals surface area contributed by atoms with E-state index in [9.17, 15) is 13.2 Å². The molecule has 2 aromatic rings. The fraction of sp³-hybridized carbons (Fsp3) is 0.389. The fourth-order valence-corrected chi connectivity index (χ4v) is 4.84. The Balaban J connectivity index is 1.80. The van der Waals surface area contributed by atoms with Crippen LogP contribution in [0.15, 0.2) is 36.5 Å². The number of hydrogen-bond donors (Lipinski definition) is 1. The maximum atomic E-state index is 12.9. The Morgan fingerprint density at radius 3 is 2.73 bits per heavy atom. The molecule has 1 amide bonds. The van der Waals surface area contributed by atoms with Crippen molar-refractivity contribution in [1.29, 1.82) is 0 Å². The summed E-state index contributed by atoms with van der Waals surface area (Å²) in [6.07, 6.45) is 2.00. The van der Waals surface area contributed by atoms with Gasteiger partial charge in [-0.15, -0.1) is 0 Å². The number of carbonyl (C=O) groups excluding carboxylic acids is 1. The number of rotatable bonds is 5. The Kier molecular flexibility index (Phi) is 5.22. The van der Waals surface area contributed by atoms with Crippen LogP contribution in [0.5, 0.6) is 0 Å². The smallest absolute Gasteiger partial charge is 0.272 e. The summed E-state index contributed by atoms with van der Waals surface area (Å²) in [7, 11) is -3.06. The first-order valence-electron chi connectivity index (χ1n) is 8.56. The predicted molar refractivity (Wildman–Crippen MR) is 100 cm³/mol. The molecule has 0 bridgehead atoms. The lowest BCUT2D eigenvalue weighted by atomic mass is 10.2. The molecule has 8 heteroatoms. The Morgan fingerprint density at radius 2 is 2.08 bits per heavy atom. The van der Waals surface area contributed by atoms with E-state index in [0.717, 1.165) is 11.3 Å². The molecule has 1 aromatic carbocycles. The molecule has 0 aliphatic carbocycles. The quantitative estimate of drug-likeness (QED) is 0.862. The second-order valence-corrected chi connectivity index (χ2v) is 8.58. The largest absolute Gasteiger partial charge is 0.334 e. The lowest BCUT2D eigenvalue weighted by molar-refractivity contribution is 0.0702. The molecule has 1 aromatic heterocycles. The SMILES string of the molecule is CCN(C(=O)c1ccnc(Nc2ccccc2C)n1)C1CCS(=O)(=O)C1. The molecule has 1 aliphatic heterocycles. The number of para-hydroxylation sites is 1. The first-order chi connectivity index (χ1) is 12.4. The van der Waals surface area contributed by atoms with Gasteiger partial charge in [0.05, 0.1) is 11.5 Å². The zero-order valence-corrected chi connectivity index (χ0v) is 15.7. The topological polar surface area (TPSA) is 92.3 Å². The van der Waals surface area contributed by atoms with Gasteiger partial charge in [-0.25, -0.2) is 18.4 Å². The number of nitrogens with zero attached hydrogens (tertiary/aromatic N) is 3. The van der Waals surface area contributed by atoms with Crippen molar-refractivity contribution < 1.29 is 13.2 Å². The van der Waals surface area contributed by atoms with E-state index in [4.69, 9.17) is 0 Å². The molecule has 26 heavy (non-hydrogen) atoms. The van der Waals surface area contributed by atoms with Crippen LogP contribution < -0.4 is 5.32 Å². The minimum Gasteiger partial charge on any atom is -0.334 e. The molecule has 0 radical (unpaired) electrons. The van der Waals surface area contributed by atoms with Gasteiger partial charge in [-0.1, -0.05) is 18.2 Å². The molecule has 7 nitrogen and oxygen atoms in total. The van der Waals surface area contributed by atoms with Gasteiger partial charge < -0.3 is 10.2 Å². The standard InChI is InChI=1S/C18H22N4O3S/c1-3-22(14-9-11-26(24,25)12-14)17(23)16-8-10-19-18(21-16)20-15-7-5-4-6-13(15)2/h4-8,10,14H,3,9,11-12H2,1-2H3,(H,19,20,21). The lowest BCUT2D eigenvalue weighted by Gasteiger charge is -2.26. The third kappa shape index (κ3) is 4.01. The highest BCUT2D eigenvalue weighted by atomic mass is 32.2. The maximum Gasteiger partial charge on any atom is 0.272 e. The summed E-state index contributed by atoms with van der Waals surface area (Å²) in [5.74, 6) is 0.210. The highest BCUT2D eigenvalue weighted by Crippen LogP contribution is 2.21. The molecule has 0 saturated carbocycles. The Hall–Kier alpha value is -2.48. The lowest BCUT2D eigenvalue weighted by Crippen LogP contribution is -2.41. The molecular formula is C18H22N4O3S. The summed E-state index contributed by atoms with van der Waals surface area (Å²) in [5.41, 5.74) is 2.16. The van der Waals surface area contributed by atoms with E-state index in [1.165, 1.54) is 6.20 Å². The zero-order valence-electron chi connectivity index (χ0n) is 14.8. The monoisotopic (exact) mass is 374 g/mol. The van der Waals surface area contributed by atoms with Crippen LogP contribution in [0.2, 0.25) is 0 Å². The molecule has 1 atom stereocenters. The zero-order chi connectivity index (χ0) is 18.7. The summed E-state index contributed by atoms with van der Waals surface area (Å²) >= 11 is 0. The van der Waals surface area contributed by atoms with Gasteiger partial charge in [0.25, 0.3) is 5.91 Å². The number of nitrogens with one attached hydrogen (secondary N) is 1. The van der Waals surface area contributed by atoms with Gasteiger partial charge in [0.2, 0.25) is 5.95 Å². The summed E-state index contributed by atoms with van der Waals surface area (Å²) in [5, 5.41) is 3.12. The normalized spacial score (nSPS) is 18.5. The number of hydrogen-bond acceptors (Lipinski definition) is 6. The number of sulfone groups is 1. The van der Waals surface area contributed by atoms with Crippen molar-refractivity contribution in [3.8, 4) is 0 Å². The Morgan fingerprint density at radius 1 is 1.31 bits per heavy atom. The van der Waals surface area contributed by atoms with Gasteiger partial charge in [-0.2, -0.15) is 0 Å². The second kappa shape index (κ2) is 7.41. The van der Waals surface area contributed by atoms with Gasteiger partial charge in [-0.3, -0.25) is 4.79 Å². The van der Waals surface area contributed by atoms with Crippen molar-refractivity contribution in [3.05, 3.63) is 47.8 Å². The fourth-order valence-electron chi connectivity index (χ4n) is 3.11. The van der Waals surface area contributed by atoms with Gasteiger partial charge in [0.1, 0.15) is 5.69 Å². The molecule has 1 N–H and O–H groups in total. The van der Waals surface area contributed by atoms with Crippen molar-refractivity contribution in [1.82, 2.24) is 14.9 Å². The van der Waals surface area contributed by atoms with Gasteiger partial charge in [-0.05, 0) is 38.0 Å². The van der Waals surface area contributed by atoms with Crippen molar-refractivity contribution >= 4 is 27.4 Å². The summed E-state index contributed by atoms with van der Waals surface area (Å²) in [6.45, 7) is 4.25. The van der Waals surface area contributed by atoms with E-state index >= 15 is 0 Å². The van der Waals surface area contributed by atoms with Crippen LogP contribution in [-0.4, -0.2) is 53.3 Å². The van der Waals surface area contributed by atoms with Crippen LogP contribution in [0.25, 0.3) is 0 Å². The van der Waals surface area contributed by atoms with Crippen molar-refractivity contribution in [2.45, 2.75) is 26.3 Å². The minimum absolute atomic E-state index is 0.0198. The number of anilines is 2. The average Bonchev–Trinajstić information content (AvgIpc) is 2.97. The van der Waals surface area contributed by atoms with Crippen LogP contribution in [0.3, 0.4) is 0 Å². The van der Waals surface area contributed by atoms with Crippen molar-refractivity contribution in [2.75, 3.05) is 23.4 Å². The molecule has 2 heterocycles.